The molecule has 1 unspecified atom stereocenters. The van der Waals surface area contributed by atoms with Gasteiger partial charge in [-0.3, -0.25) is 9.59 Å². The van der Waals surface area contributed by atoms with Crippen molar-refractivity contribution in [3.63, 3.8) is 0 Å². The first-order chi connectivity index (χ1) is 24.6. The van der Waals surface area contributed by atoms with E-state index in [1.54, 1.807) is 0 Å². The molecule has 0 aliphatic heterocycles. The first kappa shape index (κ1) is 47.6. The van der Waals surface area contributed by atoms with Gasteiger partial charge >= 0.3 is 11.9 Å². The maximum atomic E-state index is 12.4. The van der Waals surface area contributed by atoms with Crippen molar-refractivity contribution < 1.29 is 19.4 Å². The lowest BCUT2D eigenvalue weighted by Gasteiger charge is -2.16. The Morgan fingerprint density at radius 2 is 0.860 bits per heavy atom. The molecule has 0 aliphatic rings. The molecule has 0 heterocycles. The number of aliphatic carboxylic acids is 1. The molecule has 0 aromatic carbocycles. The van der Waals surface area contributed by atoms with Gasteiger partial charge in [-0.05, 0) is 64.2 Å². The third-order valence-electron chi connectivity index (χ3n) is 9.24. The van der Waals surface area contributed by atoms with Crippen LogP contribution in [0.3, 0.4) is 0 Å². The number of ether oxygens (including phenoxy) is 1. The highest BCUT2D eigenvalue weighted by Gasteiger charge is 2.17. The van der Waals surface area contributed by atoms with Crippen LogP contribution >= 0.6 is 0 Å². The van der Waals surface area contributed by atoms with Crippen molar-refractivity contribution in [3.8, 4) is 0 Å². The predicted octanol–water partition coefficient (Wildman–Crippen LogP) is 14.9. The summed E-state index contributed by atoms with van der Waals surface area (Å²) in [6.07, 6.45) is 56.8. The number of hydrogen-bond donors (Lipinski definition) is 1. The summed E-state index contributed by atoms with van der Waals surface area (Å²) in [5, 5.41) is 9.29. The lowest BCUT2D eigenvalue weighted by atomic mass is 10.0. The SMILES string of the molecule is CC/C=C\C/C=C\C/C=C\C/C=C\C/C=C\CCCCCCCC(=O)OC(CCCCCCCCCCCCCCCCCCC)CC(=O)O. The molecular weight excluding hydrogens is 617 g/mol. The summed E-state index contributed by atoms with van der Waals surface area (Å²) in [6.45, 7) is 4.44. The Balaban J connectivity index is 3.69. The number of carbonyl (C=O) groups is 2. The van der Waals surface area contributed by atoms with Gasteiger partial charge in [0.05, 0.1) is 6.42 Å². The van der Waals surface area contributed by atoms with Crippen LogP contribution in [0.15, 0.2) is 60.8 Å². The topological polar surface area (TPSA) is 63.6 Å². The van der Waals surface area contributed by atoms with Crippen molar-refractivity contribution in [1.29, 1.82) is 0 Å². The number of carboxylic acid groups (broad SMARTS) is 1. The number of carbonyl (C=O) groups excluding carboxylic acids is 1. The van der Waals surface area contributed by atoms with Crippen LogP contribution in [0.2, 0.25) is 0 Å². The summed E-state index contributed by atoms with van der Waals surface area (Å²) in [4.78, 5) is 23.7. The van der Waals surface area contributed by atoms with E-state index in [4.69, 9.17) is 4.74 Å². The van der Waals surface area contributed by atoms with Crippen LogP contribution in [0, 0.1) is 0 Å². The standard InChI is InChI=1S/C46H80O4/c1-3-5-7-9-11-13-15-17-19-21-22-23-24-26-28-30-32-34-36-38-40-42-46(49)50-44(43-45(47)48)41-39-37-35-33-31-29-27-25-20-18-16-14-12-10-8-6-4-2/h5,7,11,13,17,19,22-23,26,28,44H,3-4,6,8-10,12,14-16,18,20-21,24-25,27,29-43H2,1-2H3,(H,47,48)/b7-5-,13-11-,19-17-,23-22-,28-26-. The van der Waals surface area contributed by atoms with Gasteiger partial charge in [0.15, 0.2) is 0 Å². The number of unbranched alkanes of at least 4 members (excludes halogenated alkanes) is 21. The molecule has 1 atom stereocenters. The van der Waals surface area contributed by atoms with E-state index in [2.05, 4.69) is 74.6 Å². The molecule has 0 rings (SSSR count). The minimum atomic E-state index is -0.887. The molecule has 4 nitrogen and oxygen atoms in total. The highest BCUT2D eigenvalue weighted by molar-refractivity contribution is 5.71. The van der Waals surface area contributed by atoms with Crippen LogP contribution in [0.1, 0.15) is 213 Å². The average molecular weight is 697 g/mol. The van der Waals surface area contributed by atoms with E-state index in [-0.39, 0.29) is 12.4 Å². The van der Waals surface area contributed by atoms with Crippen molar-refractivity contribution >= 4 is 11.9 Å². The first-order valence-corrected chi connectivity index (χ1v) is 21.3. The fraction of sp³-hybridized carbons (Fsp3) is 0.739. The number of rotatable bonds is 38. The third-order valence-corrected chi connectivity index (χ3v) is 9.24. The van der Waals surface area contributed by atoms with Crippen molar-refractivity contribution in [1.82, 2.24) is 0 Å². The van der Waals surface area contributed by atoms with E-state index in [1.807, 2.05) is 0 Å². The van der Waals surface area contributed by atoms with E-state index >= 15 is 0 Å². The molecule has 0 amide bonds. The number of hydrogen-bond acceptors (Lipinski definition) is 3. The molecule has 1 N–H and O–H groups in total. The summed E-state index contributed by atoms with van der Waals surface area (Å²) in [5.41, 5.74) is 0. The van der Waals surface area contributed by atoms with Gasteiger partial charge in [0, 0.05) is 6.42 Å². The molecule has 0 spiro atoms. The summed E-state index contributed by atoms with van der Waals surface area (Å²) in [6, 6.07) is 0. The van der Waals surface area contributed by atoms with Crippen LogP contribution in [-0.4, -0.2) is 23.1 Å². The van der Waals surface area contributed by atoms with Gasteiger partial charge in [-0.15, -0.1) is 0 Å². The van der Waals surface area contributed by atoms with Crippen molar-refractivity contribution in [2.24, 2.45) is 0 Å². The fourth-order valence-corrected chi connectivity index (χ4v) is 6.17. The Bertz CT molecular complexity index is 881. The van der Waals surface area contributed by atoms with Gasteiger partial charge in [0.25, 0.3) is 0 Å². The quantitative estimate of drug-likeness (QED) is 0.0396. The molecule has 288 valence electrons. The lowest BCUT2D eigenvalue weighted by Crippen LogP contribution is -2.21. The van der Waals surface area contributed by atoms with Gasteiger partial charge in [0.2, 0.25) is 0 Å². The maximum Gasteiger partial charge on any atom is 0.307 e. The molecular formula is C46H80O4. The van der Waals surface area contributed by atoms with Gasteiger partial charge in [-0.25, -0.2) is 0 Å². The van der Waals surface area contributed by atoms with E-state index < -0.39 is 12.1 Å². The molecule has 50 heavy (non-hydrogen) atoms. The Morgan fingerprint density at radius 1 is 0.480 bits per heavy atom. The zero-order valence-electron chi connectivity index (χ0n) is 32.9. The van der Waals surface area contributed by atoms with Crippen LogP contribution in [0.5, 0.6) is 0 Å². The molecule has 0 saturated carbocycles. The largest absolute Gasteiger partial charge is 0.481 e. The van der Waals surface area contributed by atoms with Crippen LogP contribution in [0.25, 0.3) is 0 Å². The van der Waals surface area contributed by atoms with Gasteiger partial charge < -0.3 is 9.84 Å². The average Bonchev–Trinajstić information content (AvgIpc) is 3.10. The van der Waals surface area contributed by atoms with Gasteiger partial charge in [-0.2, -0.15) is 0 Å². The third kappa shape index (κ3) is 40.1. The Hall–Kier alpha value is -2.36. The first-order valence-electron chi connectivity index (χ1n) is 21.3. The van der Waals surface area contributed by atoms with Crippen LogP contribution < -0.4 is 0 Å². The van der Waals surface area contributed by atoms with E-state index in [9.17, 15) is 14.7 Å². The molecule has 4 heteroatoms. The Morgan fingerprint density at radius 3 is 1.30 bits per heavy atom. The minimum Gasteiger partial charge on any atom is -0.481 e. The fourth-order valence-electron chi connectivity index (χ4n) is 6.17. The highest BCUT2D eigenvalue weighted by atomic mass is 16.5. The zero-order valence-corrected chi connectivity index (χ0v) is 32.9. The molecule has 0 aromatic heterocycles. The Labute approximate surface area is 310 Å². The normalized spacial score (nSPS) is 12.8. The smallest absolute Gasteiger partial charge is 0.307 e. The summed E-state index contributed by atoms with van der Waals surface area (Å²) >= 11 is 0. The number of carboxylic acids is 1. The van der Waals surface area contributed by atoms with Crippen LogP contribution in [0.4, 0.5) is 0 Å². The van der Waals surface area contributed by atoms with E-state index in [0.29, 0.717) is 12.8 Å². The molecule has 0 fully saturated rings. The second-order valence-electron chi connectivity index (χ2n) is 14.2. The number of allylic oxidation sites excluding steroid dienone is 10. The van der Waals surface area contributed by atoms with Crippen LogP contribution in [-0.2, 0) is 14.3 Å². The summed E-state index contributed by atoms with van der Waals surface area (Å²) < 4.78 is 5.59. The van der Waals surface area contributed by atoms with Gasteiger partial charge in [0.1, 0.15) is 6.10 Å². The monoisotopic (exact) mass is 697 g/mol. The molecule has 0 saturated heterocycles. The summed E-state index contributed by atoms with van der Waals surface area (Å²) in [7, 11) is 0. The second-order valence-corrected chi connectivity index (χ2v) is 14.2. The van der Waals surface area contributed by atoms with Crippen molar-refractivity contribution in [3.05, 3.63) is 60.8 Å². The Kier molecular flexibility index (Phi) is 39.1. The number of esters is 1. The zero-order chi connectivity index (χ0) is 36.4. The highest BCUT2D eigenvalue weighted by Crippen LogP contribution is 2.17. The molecule has 0 aliphatic carbocycles. The van der Waals surface area contributed by atoms with E-state index in [1.165, 1.54) is 109 Å². The predicted molar refractivity (Wildman–Crippen MR) is 218 cm³/mol. The minimum absolute atomic E-state index is 0.0829. The van der Waals surface area contributed by atoms with E-state index in [0.717, 1.165) is 70.6 Å². The summed E-state index contributed by atoms with van der Waals surface area (Å²) in [5.74, 6) is -1.12. The lowest BCUT2D eigenvalue weighted by molar-refractivity contribution is -0.153. The molecule has 0 radical (unpaired) electrons. The maximum absolute atomic E-state index is 12.4. The molecule has 0 bridgehead atoms. The van der Waals surface area contributed by atoms with Crippen molar-refractivity contribution in [2.75, 3.05) is 0 Å². The van der Waals surface area contributed by atoms with Crippen molar-refractivity contribution in [2.45, 2.75) is 219 Å². The second kappa shape index (κ2) is 41.1. The van der Waals surface area contributed by atoms with Gasteiger partial charge in [-0.1, -0.05) is 197 Å². The molecule has 0 aromatic rings.